The van der Waals surface area contributed by atoms with E-state index in [-0.39, 0.29) is 12.5 Å². The molecule has 1 unspecified atom stereocenters. The molecule has 0 bridgehead atoms. The highest BCUT2D eigenvalue weighted by atomic mass is 16.5. The molecule has 138 valence electrons. The van der Waals surface area contributed by atoms with Crippen molar-refractivity contribution in [2.45, 2.75) is 26.0 Å². The Balaban J connectivity index is 1.94. The van der Waals surface area contributed by atoms with E-state index in [9.17, 15) is 9.90 Å². The smallest absolute Gasteiger partial charge is 0.219 e. The first-order valence-electron chi connectivity index (χ1n) is 8.56. The van der Waals surface area contributed by atoms with E-state index < -0.39 is 6.10 Å². The van der Waals surface area contributed by atoms with Gasteiger partial charge in [0, 0.05) is 38.9 Å². The number of anilines is 1. The van der Waals surface area contributed by atoms with Gasteiger partial charge < -0.3 is 20.1 Å². The zero-order valence-corrected chi connectivity index (χ0v) is 15.0. The molecular formula is C18H23N5O3. The molecule has 26 heavy (non-hydrogen) atoms. The first-order chi connectivity index (χ1) is 12.6. The van der Waals surface area contributed by atoms with Gasteiger partial charge in [0.1, 0.15) is 11.5 Å². The number of carbonyl (C=O) groups is 1. The van der Waals surface area contributed by atoms with E-state index in [0.717, 1.165) is 11.3 Å². The van der Waals surface area contributed by atoms with E-state index in [1.54, 1.807) is 25.1 Å². The molecule has 2 N–H and O–H groups in total. The molecule has 2 aromatic rings. The fourth-order valence-corrected chi connectivity index (χ4v) is 2.92. The fraction of sp³-hybridized carbons (Fsp3) is 0.444. The zero-order valence-electron chi connectivity index (χ0n) is 15.0. The van der Waals surface area contributed by atoms with Crippen LogP contribution in [0.2, 0.25) is 0 Å². The minimum absolute atomic E-state index is 0.0266. The number of fused-ring (bicyclic) bond motifs is 1. The summed E-state index contributed by atoms with van der Waals surface area (Å²) in [6, 6.07) is 5.55. The quantitative estimate of drug-likeness (QED) is 0.791. The molecule has 0 saturated heterocycles. The van der Waals surface area contributed by atoms with Gasteiger partial charge in [0.2, 0.25) is 5.91 Å². The van der Waals surface area contributed by atoms with Crippen LogP contribution in [0, 0.1) is 0 Å². The predicted octanol–water partition coefficient (Wildman–Crippen LogP) is 0.862. The first kappa shape index (κ1) is 18.2. The van der Waals surface area contributed by atoms with Crippen LogP contribution in [-0.2, 0) is 22.5 Å². The molecule has 2 aromatic heterocycles. The number of aliphatic hydroxyl groups is 1. The molecule has 0 saturated carbocycles. The first-order valence-corrected chi connectivity index (χ1v) is 8.56. The molecule has 1 aliphatic rings. The summed E-state index contributed by atoms with van der Waals surface area (Å²) in [5.74, 6) is 1.20. The van der Waals surface area contributed by atoms with Crippen molar-refractivity contribution in [2.24, 2.45) is 0 Å². The van der Waals surface area contributed by atoms with Crippen molar-refractivity contribution in [3.63, 3.8) is 0 Å². The van der Waals surface area contributed by atoms with E-state index in [1.807, 2.05) is 18.2 Å². The van der Waals surface area contributed by atoms with E-state index in [2.05, 4.69) is 20.3 Å². The molecule has 3 heterocycles. The average Bonchev–Trinajstić information content (AvgIpc) is 2.66. The lowest BCUT2D eigenvalue weighted by Gasteiger charge is -2.28. The highest BCUT2D eigenvalue weighted by Gasteiger charge is 2.24. The number of aliphatic hydroxyl groups excluding tert-OH is 1. The summed E-state index contributed by atoms with van der Waals surface area (Å²) in [4.78, 5) is 27.1. The van der Waals surface area contributed by atoms with Gasteiger partial charge in [0.05, 0.1) is 24.9 Å². The van der Waals surface area contributed by atoms with Gasteiger partial charge in [-0.3, -0.25) is 9.78 Å². The van der Waals surface area contributed by atoms with E-state index in [4.69, 9.17) is 4.74 Å². The molecule has 1 aliphatic heterocycles. The van der Waals surface area contributed by atoms with Crippen LogP contribution in [0.4, 0.5) is 5.82 Å². The highest BCUT2D eigenvalue weighted by molar-refractivity contribution is 5.74. The van der Waals surface area contributed by atoms with Crippen LogP contribution in [-0.4, -0.2) is 63.8 Å². The standard InChI is InChI=1S/C18H23N5O3/c1-12(24)23-8-6-14-16(10-23)21-18(15-5-3-4-7-19-15)22-17(14)20-9-13(25)11-26-2/h3-5,7,13,25H,6,8-11H2,1-2H3,(H,20,21,22). The molecule has 1 amide bonds. The molecule has 0 spiro atoms. The number of carbonyl (C=O) groups excluding carboxylic acids is 1. The molecule has 3 rings (SSSR count). The Kier molecular flexibility index (Phi) is 5.75. The van der Waals surface area contributed by atoms with Gasteiger partial charge >= 0.3 is 0 Å². The Morgan fingerprint density at radius 2 is 2.27 bits per heavy atom. The summed E-state index contributed by atoms with van der Waals surface area (Å²) in [6.45, 7) is 3.19. The number of hydrogen-bond donors (Lipinski definition) is 2. The predicted molar refractivity (Wildman–Crippen MR) is 96.4 cm³/mol. The normalized spacial score (nSPS) is 14.7. The van der Waals surface area contributed by atoms with Gasteiger partial charge in [-0.15, -0.1) is 0 Å². The number of methoxy groups -OCH3 is 1. The number of hydrogen-bond acceptors (Lipinski definition) is 7. The maximum atomic E-state index is 11.7. The summed E-state index contributed by atoms with van der Waals surface area (Å²) in [5, 5.41) is 13.1. The zero-order chi connectivity index (χ0) is 18.5. The highest BCUT2D eigenvalue weighted by Crippen LogP contribution is 2.26. The molecule has 0 radical (unpaired) electrons. The Morgan fingerprint density at radius 1 is 1.42 bits per heavy atom. The number of nitrogens with one attached hydrogen (secondary N) is 1. The van der Waals surface area contributed by atoms with Crippen molar-refractivity contribution in [3.8, 4) is 11.5 Å². The van der Waals surface area contributed by atoms with Gasteiger partial charge in [-0.2, -0.15) is 0 Å². The molecular weight excluding hydrogens is 334 g/mol. The number of ether oxygens (including phenoxy) is 1. The lowest BCUT2D eigenvalue weighted by molar-refractivity contribution is -0.129. The molecule has 8 heteroatoms. The minimum Gasteiger partial charge on any atom is -0.389 e. The lowest BCUT2D eigenvalue weighted by Crippen LogP contribution is -2.36. The molecule has 0 aliphatic carbocycles. The second kappa shape index (κ2) is 8.20. The Morgan fingerprint density at radius 3 is 2.96 bits per heavy atom. The van der Waals surface area contributed by atoms with Crippen LogP contribution >= 0.6 is 0 Å². The van der Waals surface area contributed by atoms with Gasteiger partial charge in [0.25, 0.3) is 0 Å². The van der Waals surface area contributed by atoms with E-state index in [0.29, 0.717) is 43.4 Å². The number of rotatable bonds is 6. The molecule has 0 aromatic carbocycles. The molecule has 1 atom stereocenters. The second-order valence-corrected chi connectivity index (χ2v) is 6.22. The maximum absolute atomic E-state index is 11.7. The van der Waals surface area contributed by atoms with Crippen molar-refractivity contribution in [1.29, 1.82) is 0 Å². The molecule has 0 fully saturated rings. The van der Waals surface area contributed by atoms with Crippen molar-refractivity contribution in [1.82, 2.24) is 19.9 Å². The second-order valence-electron chi connectivity index (χ2n) is 6.22. The van der Waals surface area contributed by atoms with Gasteiger partial charge in [0.15, 0.2) is 5.82 Å². The third kappa shape index (κ3) is 4.14. The molecule has 8 nitrogen and oxygen atoms in total. The van der Waals surface area contributed by atoms with Crippen molar-refractivity contribution in [3.05, 3.63) is 35.7 Å². The third-order valence-electron chi connectivity index (χ3n) is 4.27. The van der Waals surface area contributed by atoms with Crippen LogP contribution in [0.5, 0.6) is 0 Å². The third-order valence-corrected chi connectivity index (χ3v) is 4.27. The monoisotopic (exact) mass is 357 g/mol. The summed E-state index contributed by atoms with van der Waals surface area (Å²) in [7, 11) is 1.55. The summed E-state index contributed by atoms with van der Waals surface area (Å²) in [6.07, 6.45) is 1.72. The van der Waals surface area contributed by atoms with Crippen LogP contribution in [0.1, 0.15) is 18.2 Å². The lowest BCUT2D eigenvalue weighted by atomic mass is 10.0. The van der Waals surface area contributed by atoms with Crippen LogP contribution in [0.3, 0.4) is 0 Å². The van der Waals surface area contributed by atoms with Gasteiger partial charge in [-0.25, -0.2) is 9.97 Å². The number of amides is 1. The number of pyridine rings is 1. The topological polar surface area (TPSA) is 100 Å². The van der Waals surface area contributed by atoms with Gasteiger partial charge in [-0.1, -0.05) is 6.07 Å². The SMILES string of the molecule is COCC(O)CNc1nc(-c2ccccn2)nc2c1CCN(C(C)=O)C2. The van der Waals surface area contributed by atoms with Crippen molar-refractivity contribution >= 4 is 11.7 Å². The summed E-state index contributed by atoms with van der Waals surface area (Å²) >= 11 is 0. The van der Waals surface area contributed by atoms with Crippen LogP contribution < -0.4 is 5.32 Å². The summed E-state index contributed by atoms with van der Waals surface area (Å²) in [5.41, 5.74) is 2.45. The Bertz CT molecular complexity index is 769. The van der Waals surface area contributed by atoms with Gasteiger partial charge in [-0.05, 0) is 18.6 Å². The van der Waals surface area contributed by atoms with Crippen LogP contribution in [0.25, 0.3) is 11.5 Å². The van der Waals surface area contributed by atoms with E-state index in [1.165, 1.54) is 0 Å². The number of aromatic nitrogens is 3. The van der Waals surface area contributed by atoms with Crippen molar-refractivity contribution < 1.29 is 14.6 Å². The van der Waals surface area contributed by atoms with Crippen LogP contribution in [0.15, 0.2) is 24.4 Å². The fourth-order valence-electron chi connectivity index (χ4n) is 2.92. The summed E-state index contributed by atoms with van der Waals surface area (Å²) < 4.78 is 4.96. The Labute approximate surface area is 152 Å². The average molecular weight is 357 g/mol. The maximum Gasteiger partial charge on any atom is 0.219 e. The Hall–Kier alpha value is -2.58. The number of nitrogens with zero attached hydrogens (tertiary/aromatic N) is 4. The minimum atomic E-state index is -0.638. The van der Waals surface area contributed by atoms with E-state index >= 15 is 0 Å². The van der Waals surface area contributed by atoms with Crippen molar-refractivity contribution in [2.75, 3.05) is 32.1 Å². The largest absolute Gasteiger partial charge is 0.389 e.